The minimum absolute atomic E-state index is 0.125. The monoisotopic (exact) mass is 323 g/mol. The van der Waals surface area contributed by atoms with E-state index in [-0.39, 0.29) is 22.8 Å². The summed E-state index contributed by atoms with van der Waals surface area (Å²) in [5.41, 5.74) is 6.93. The quantitative estimate of drug-likeness (QED) is 0.934. The lowest BCUT2D eigenvalue weighted by Crippen LogP contribution is -2.30. The number of nitrogen functional groups attached to an aromatic ring is 1. The van der Waals surface area contributed by atoms with Gasteiger partial charge < -0.3 is 10.6 Å². The molecule has 4 nitrogen and oxygen atoms in total. The van der Waals surface area contributed by atoms with Crippen LogP contribution in [0.1, 0.15) is 28.9 Å². The van der Waals surface area contributed by atoms with E-state index in [0.29, 0.717) is 10.6 Å². The smallest absolute Gasteiger partial charge is 0.255 e. The molecular formula is C15H15Cl2N3O. The Morgan fingerprint density at radius 1 is 1.29 bits per heavy atom. The van der Waals surface area contributed by atoms with Gasteiger partial charge >= 0.3 is 0 Å². The second kappa shape index (κ2) is 6.33. The summed E-state index contributed by atoms with van der Waals surface area (Å²) in [7, 11) is 1.72. The van der Waals surface area contributed by atoms with Crippen LogP contribution in [0.5, 0.6) is 0 Å². The van der Waals surface area contributed by atoms with Crippen LogP contribution in [0.25, 0.3) is 0 Å². The normalized spacial score (nSPS) is 12.0. The number of amides is 1. The molecule has 1 unspecified atom stereocenters. The highest BCUT2D eigenvalue weighted by atomic mass is 35.5. The third kappa shape index (κ3) is 3.46. The number of halogens is 2. The molecule has 0 bridgehead atoms. The molecule has 2 rings (SSSR count). The number of pyridine rings is 1. The number of nitrogens with zero attached hydrogens (tertiary/aromatic N) is 2. The van der Waals surface area contributed by atoms with Crippen LogP contribution >= 0.6 is 23.2 Å². The SMILES string of the molecule is CC(c1ccc(Cl)cc1)N(C)C(=O)c1cc(N)ncc1Cl. The zero-order chi connectivity index (χ0) is 15.6. The number of carbonyl (C=O) groups excluding carboxylic acids is 1. The van der Waals surface area contributed by atoms with Gasteiger partial charge in [0.15, 0.2) is 0 Å². The molecule has 2 N–H and O–H groups in total. The topological polar surface area (TPSA) is 59.2 Å². The third-order valence-corrected chi connectivity index (χ3v) is 3.91. The molecule has 0 radical (unpaired) electrons. The molecule has 6 heteroatoms. The van der Waals surface area contributed by atoms with E-state index in [1.807, 2.05) is 19.1 Å². The van der Waals surface area contributed by atoms with Crippen LogP contribution in [-0.2, 0) is 0 Å². The summed E-state index contributed by atoms with van der Waals surface area (Å²) in [6.45, 7) is 1.93. The van der Waals surface area contributed by atoms with Gasteiger partial charge in [0, 0.05) is 18.3 Å². The minimum atomic E-state index is -0.212. The van der Waals surface area contributed by atoms with Gasteiger partial charge in [0.05, 0.1) is 16.6 Å². The molecule has 0 spiro atoms. The second-order valence-corrected chi connectivity index (χ2v) is 5.58. The Hall–Kier alpha value is -1.78. The highest BCUT2D eigenvalue weighted by Gasteiger charge is 2.21. The van der Waals surface area contributed by atoms with Crippen LogP contribution in [-0.4, -0.2) is 22.8 Å². The lowest BCUT2D eigenvalue weighted by molar-refractivity contribution is 0.0743. The van der Waals surface area contributed by atoms with Gasteiger partial charge in [0.25, 0.3) is 5.91 Å². The van der Waals surface area contributed by atoms with Crippen LogP contribution in [0, 0.1) is 0 Å². The number of rotatable bonds is 3. The summed E-state index contributed by atoms with van der Waals surface area (Å²) < 4.78 is 0. The number of nitrogens with two attached hydrogens (primary N) is 1. The highest BCUT2D eigenvalue weighted by molar-refractivity contribution is 6.33. The van der Waals surface area contributed by atoms with Gasteiger partial charge in [-0.3, -0.25) is 4.79 Å². The Morgan fingerprint density at radius 2 is 1.90 bits per heavy atom. The molecule has 21 heavy (non-hydrogen) atoms. The maximum atomic E-state index is 12.5. The fourth-order valence-corrected chi connectivity index (χ4v) is 2.26. The van der Waals surface area contributed by atoms with Crippen LogP contribution in [0.3, 0.4) is 0 Å². The molecule has 1 amide bonds. The Kier molecular flexibility index (Phi) is 4.70. The molecule has 0 aliphatic rings. The molecular weight excluding hydrogens is 309 g/mol. The molecule has 2 aromatic rings. The minimum Gasteiger partial charge on any atom is -0.384 e. The average molecular weight is 324 g/mol. The standard InChI is InChI=1S/C15H15Cl2N3O/c1-9(10-3-5-11(16)6-4-10)20(2)15(21)12-7-14(18)19-8-13(12)17/h3-9H,1-2H3,(H2,18,19). The summed E-state index contributed by atoms with van der Waals surface area (Å²) in [4.78, 5) is 18.0. The van der Waals surface area contributed by atoms with Gasteiger partial charge in [-0.2, -0.15) is 0 Å². The number of aromatic nitrogens is 1. The summed E-state index contributed by atoms with van der Waals surface area (Å²) in [5, 5.41) is 0.939. The van der Waals surface area contributed by atoms with Gasteiger partial charge in [-0.15, -0.1) is 0 Å². The number of anilines is 1. The predicted octanol–water partition coefficient (Wildman–Crippen LogP) is 3.80. The van der Waals surface area contributed by atoms with Crippen molar-refractivity contribution in [2.45, 2.75) is 13.0 Å². The molecule has 0 fully saturated rings. The fourth-order valence-electron chi connectivity index (χ4n) is 1.95. The van der Waals surface area contributed by atoms with Crippen LogP contribution < -0.4 is 5.73 Å². The van der Waals surface area contributed by atoms with Crippen molar-refractivity contribution >= 4 is 34.9 Å². The van der Waals surface area contributed by atoms with E-state index in [9.17, 15) is 4.79 Å². The second-order valence-electron chi connectivity index (χ2n) is 4.73. The maximum absolute atomic E-state index is 12.5. The van der Waals surface area contributed by atoms with Crippen LogP contribution in [0.4, 0.5) is 5.82 Å². The summed E-state index contributed by atoms with van der Waals surface area (Å²) >= 11 is 11.9. The Balaban J connectivity index is 2.26. The lowest BCUT2D eigenvalue weighted by atomic mass is 10.1. The first kappa shape index (κ1) is 15.6. The van der Waals surface area contributed by atoms with Gasteiger partial charge in [-0.1, -0.05) is 35.3 Å². The van der Waals surface area contributed by atoms with Gasteiger partial charge in [0.1, 0.15) is 5.82 Å². The molecule has 0 saturated heterocycles. The number of carbonyl (C=O) groups is 1. The first-order valence-corrected chi connectivity index (χ1v) is 7.09. The van der Waals surface area contributed by atoms with E-state index in [0.717, 1.165) is 5.56 Å². The summed E-state index contributed by atoms with van der Waals surface area (Å²) in [6, 6.07) is 8.72. The molecule has 0 aliphatic carbocycles. The number of hydrogen-bond donors (Lipinski definition) is 1. The molecule has 1 heterocycles. The largest absolute Gasteiger partial charge is 0.384 e. The van der Waals surface area contributed by atoms with Crippen molar-refractivity contribution in [2.75, 3.05) is 12.8 Å². The van der Waals surface area contributed by atoms with Crippen molar-refractivity contribution in [2.24, 2.45) is 0 Å². The zero-order valence-corrected chi connectivity index (χ0v) is 13.2. The fraction of sp³-hybridized carbons (Fsp3) is 0.200. The maximum Gasteiger partial charge on any atom is 0.255 e. The number of benzene rings is 1. The Morgan fingerprint density at radius 3 is 2.52 bits per heavy atom. The van der Waals surface area contributed by atoms with Crippen molar-refractivity contribution in [1.82, 2.24) is 9.88 Å². The van der Waals surface area contributed by atoms with Crippen molar-refractivity contribution in [3.63, 3.8) is 0 Å². The molecule has 1 atom stereocenters. The van der Waals surface area contributed by atoms with E-state index >= 15 is 0 Å². The van der Waals surface area contributed by atoms with Gasteiger partial charge in [-0.25, -0.2) is 4.98 Å². The van der Waals surface area contributed by atoms with E-state index in [2.05, 4.69) is 4.98 Å². The van der Waals surface area contributed by atoms with E-state index in [1.165, 1.54) is 12.3 Å². The Bertz CT molecular complexity index is 658. The zero-order valence-electron chi connectivity index (χ0n) is 11.7. The Labute approximate surface area is 133 Å². The highest BCUT2D eigenvalue weighted by Crippen LogP contribution is 2.25. The third-order valence-electron chi connectivity index (χ3n) is 3.36. The van der Waals surface area contributed by atoms with Gasteiger partial charge in [0.2, 0.25) is 0 Å². The molecule has 1 aromatic heterocycles. The van der Waals surface area contributed by atoms with Crippen molar-refractivity contribution in [3.05, 3.63) is 57.7 Å². The van der Waals surface area contributed by atoms with E-state index in [4.69, 9.17) is 28.9 Å². The number of hydrogen-bond acceptors (Lipinski definition) is 3. The van der Waals surface area contributed by atoms with E-state index < -0.39 is 0 Å². The summed E-state index contributed by atoms with van der Waals surface area (Å²) in [6.07, 6.45) is 1.38. The van der Waals surface area contributed by atoms with Crippen LogP contribution in [0.15, 0.2) is 36.5 Å². The molecule has 0 aliphatic heterocycles. The molecule has 110 valence electrons. The van der Waals surface area contributed by atoms with Crippen molar-refractivity contribution < 1.29 is 4.79 Å². The molecule has 1 aromatic carbocycles. The van der Waals surface area contributed by atoms with Gasteiger partial charge in [-0.05, 0) is 30.7 Å². The summed E-state index contributed by atoms with van der Waals surface area (Å²) in [5.74, 6) is 0.0480. The van der Waals surface area contributed by atoms with Crippen molar-refractivity contribution in [1.29, 1.82) is 0 Å². The van der Waals surface area contributed by atoms with E-state index in [1.54, 1.807) is 24.1 Å². The predicted molar refractivity (Wildman–Crippen MR) is 85.6 cm³/mol. The first-order valence-electron chi connectivity index (χ1n) is 6.34. The first-order chi connectivity index (χ1) is 9.90. The average Bonchev–Trinajstić information content (AvgIpc) is 2.48. The van der Waals surface area contributed by atoms with Crippen LogP contribution in [0.2, 0.25) is 10.0 Å². The van der Waals surface area contributed by atoms with Crippen molar-refractivity contribution in [3.8, 4) is 0 Å². The lowest BCUT2D eigenvalue weighted by Gasteiger charge is -2.26. The molecule has 0 saturated carbocycles.